The highest BCUT2D eigenvalue weighted by Gasteiger charge is 2.16. The Labute approximate surface area is 148 Å². The van der Waals surface area contributed by atoms with Crippen molar-refractivity contribution in [1.82, 2.24) is 4.98 Å². The van der Waals surface area contributed by atoms with Crippen molar-refractivity contribution < 1.29 is 19.1 Å². The van der Waals surface area contributed by atoms with E-state index in [1.807, 2.05) is 19.1 Å². The van der Waals surface area contributed by atoms with E-state index in [2.05, 4.69) is 26.2 Å². The molecule has 0 aliphatic carbocycles. The minimum absolute atomic E-state index is 0.184. The van der Waals surface area contributed by atoms with E-state index in [1.165, 1.54) is 12.3 Å². The van der Waals surface area contributed by atoms with E-state index in [0.717, 1.165) is 10.0 Å². The minimum atomic E-state index is -0.662. The Hall–Kier alpha value is -2.41. The van der Waals surface area contributed by atoms with Crippen LogP contribution in [-0.4, -0.2) is 30.1 Å². The van der Waals surface area contributed by atoms with Gasteiger partial charge in [0.25, 0.3) is 5.91 Å². The molecule has 2 rings (SSSR count). The lowest BCUT2D eigenvalue weighted by Gasteiger charge is -2.10. The normalized spacial score (nSPS) is 10.1. The molecule has 0 radical (unpaired) electrons. The zero-order valence-corrected chi connectivity index (χ0v) is 14.9. The number of aryl methyl sites for hydroxylation is 1. The molecule has 0 fully saturated rings. The molecule has 0 spiro atoms. The molecule has 0 saturated heterocycles. The summed E-state index contributed by atoms with van der Waals surface area (Å²) < 4.78 is 11.1. The molecule has 0 aliphatic rings. The van der Waals surface area contributed by atoms with Gasteiger partial charge in [0.1, 0.15) is 5.56 Å². The monoisotopic (exact) mass is 392 g/mol. The molecule has 0 unspecified atom stereocenters. The Morgan fingerprint density at radius 3 is 2.79 bits per heavy atom. The number of hydrogen-bond acceptors (Lipinski definition) is 5. The predicted octanol–water partition coefficient (Wildman–Crippen LogP) is 3.35. The molecule has 6 nitrogen and oxygen atoms in total. The molecule has 7 heteroatoms. The maximum Gasteiger partial charge on any atom is 0.344 e. The number of benzene rings is 1. The maximum atomic E-state index is 12.1. The molecule has 126 valence electrons. The molecular formula is C17H17BrN2O4. The Balaban J connectivity index is 1.95. The lowest BCUT2D eigenvalue weighted by molar-refractivity contribution is -0.119. The molecule has 1 aromatic carbocycles. The van der Waals surface area contributed by atoms with Gasteiger partial charge in [-0.2, -0.15) is 0 Å². The van der Waals surface area contributed by atoms with Crippen LogP contribution in [0.4, 0.5) is 5.69 Å². The van der Waals surface area contributed by atoms with Crippen LogP contribution in [0.2, 0.25) is 0 Å². The standard InChI is InChI=1S/C17H17BrN2O4/c1-3-23-16-12(5-4-8-19-16)17(22)24-10-15(21)20-14-7-6-11(2)9-13(14)18/h4-9H,3,10H2,1-2H3,(H,20,21). The fourth-order valence-corrected chi connectivity index (χ4v) is 2.51. The minimum Gasteiger partial charge on any atom is -0.477 e. The summed E-state index contributed by atoms with van der Waals surface area (Å²) in [5, 5.41) is 2.67. The van der Waals surface area contributed by atoms with Crippen molar-refractivity contribution in [2.24, 2.45) is 0 Å². The average Bonchev–Trinajstić information content (AvgIpc) is 2.56. The average molecular weight is 393 g/mol. The molecule has 1 N–H and O–H groups in total. The van der Waals surface area contributed by atoms with Crippen LogP contribution in [0.1, 0.15) is 22.8 Å². The third-order valence-corrected chi connectivity index (χ3v) is 3.66. The maximum absolute atomic E-state index is 12.1. The first kappa shape index (κ1) is 17.9. The van der Waals surface area contributed by atoms with Gasteiger partial charge in [-0.25, -0.2) is 9.78 Å². The summed E-state index contributed by atoms with van der Waals surface area (Å²) in [4.78, 5) is 28.0. The SMILES string of the molecule is CCOc1ncccc1C(=O)OCC(=O)Nc1ccc(C)cc1Br. The highest BCUT2D eigenvalue weighted by atomic mass is 79.9. The number of esters is 1. The van der Waals surface area contributed by atoms with Crippen LogP contribution in [0.15, 0.2) is 41.0 Å². The number of pyridine rings is 1. The number of rotatable bonds is 6. The van der Waals surface area contributed by atoms with Crippen LogP contribution in [0.5, 0.6) is 5.88 Å². The highest BCUT2D eigenvalue weighted by Crippen LogP contribution is 2.23. The molecule has 1 aromatic heterocycles. The van der Waals surface area contributed by atoms with Gasteiger partial charge in [-0.1, -0.05) is 6.07 Å². The highest BCUT2D eigenvalue weighted by molar-refractivity contribution is 9.10. The smallest absolute Gasteiger partial charge is 0.344 e. The van der Waals surface area contributed by atoms with Gasteiger partial charge in [-0.15, -0.1) is 0 Å². The van der Waals surface area contributed by atoms with Gasteiger partial charge in [0.05, 0.1) is 12.3 Å². The number of nitrogens with zero attached hydrogens (tertiary/aromatic N) is 1. The molecular weight excluding hydrogens is 376 g/mol. The molecule has 0 aliphatic heterocycles. The summed E-state index contributed by atoms with van der Waals surface area (Å²) in [5.41, 5.74) is 1.85. The number of ether oxygens (including phenoxy) is 2. The number of aromatic nitrogens is 1. The molecule has 0 saturated carbocycles. The number of amides is 1. The molecule has 1 amide bonds. The summed E-state index contributed by atoms with van der Waals surface area (Å²) >= 11 is 3.37. The number of halogens is 1. The first-order valence-corrected chi connectivity index (χ1v) is 8.11. The quantitative estimate of drug-likeness (QED) is 0.762. The summed E-state index contributed by atoms with van der Waals surface area (Å²) in [5.74, 6) is -0.911. The van der Waals surface area contributed by atoms with Crippen molar-refractivity contribution in [3.8, 4) is 5.88 Å². The van der Waals surface area contributed by atoms with Crippen LogP contribution in [0.3, 0.4) is 0 Å². The van der Waals surface area contributed by atoms with E-state index >= 15 is 0 Å². The van der Waals surface area contributed by atoms with Gasteiger partial charge in [0.2, 0.25) is 5.88 Å². The van der Waals surface area contributed by atoms with E-state index in [4.69, 9.17) is 9.47 Å². The zero-order chi connectivity index (χ0) is 17.5. The lowest BCUT2D eigenvalue weighted by atomic mass is 10.2. The van der Waals surface area contributed by atoms with Gasteiger partial charge in [0, 0.05) is 10.7 Å². The van der Waals surface area contributed by atoms with Crippen molar-refractivity contribution in [2.75, 3.05) is 18.5 Å². The number of hydrogen-bond donors (Lipinski definition) is 1. The van der Waals surface area contributed by atoms with Gasteiger partial charge >= 0.3 is 5.97 Å². The molecule has 2 aromatic rings. The van der Waals surface area contributed by atoms with Crippen molar-refractivity contribution in [1.29, 1.82) is 0 Å². The molecule has 24 heavy (non-hydrogen) atoms. The molecule has 1 heterocycles. The Bertz CT molecular complexity index is 749. The summed E-state index contributed by atoms with van der Waals surface area (Å²) in [7, 11) is 0. The molecule has 0 atom stereocenters. The van der Waals surface area contributed by atoms with Gasteiger partial charge in [-0.05, 0) is 59.6 Å². The van der Waals surface area contributed by atoms with Crippen LogP contribution in [-0.2, 0) is 9.53 Å². The van der Waals surface area contributed by atoms with Crippen molar-refractivity contribution in [2.45, 2.75) is 13.8 Å². The summed E-state index contributed by atoms with van der Waals surface area (Å²) in [6, 6.07) is 8.66. The third kappa shape index (κ3) is 4.79. The van der Waals surface area contributed by atoms with Gasteiger partial charge in [-0.3, -0.25) is 4.79 Å². The Morgan fingerprint density at radius 2 is 2.08 bits per heavy atom. The van der Waals surface area contributed by atoms with E-state index < -0.39 is 18.5 Å². The largest absolute Gasteiger partial charge is 0.477 e. The Morgan fingerprint density at radius 1 is 1.29 bits per heavy atom. The zero-order valence-electron chi connectivity index (χ0n) is 13.3. The van der Waals surface area contributed by atoms with Crippen molar-refractivity contribution in [3.63, 3.8) is 0 Å². The van der Waals surface area contributed by atoms with Crippen molar-refractivity contribution in [3.05, 3.63) is 52.1 Å². The van der Waals surface area contributed by atoms with E-state index in [-0.39, 0.29) is 11.4 Å². The van der Waals surface area contributed by atoms with Crippen LogP contribution in [0, 0.1) is 6.92 Å². The lowest BCUT2D eigenvalue weighted by Crippen LogP contribution is -2.21. The van der Waals surface area contributed by atoms with Crippen LogP contribution >= 0.6 is 15.9 Å². The predicted molar refractivity (Wildman–Crippen MR) is 93.2 cm³/mol. The first-order valence-electron chi connectivity index (χ1n) is 7.32. The number of carbonyl (C=O) groups is 2. The van der Waals surface area contributed by atoms with Crippen molar-refractivity contribution >= 4 is 33.5 Å². The second-order valence-corrected chi connectivity index (χ2v) is 5.75. The van der Waals surface area contributed by atoms with E-state index in [0.29, 0.717) is 12.3 Å². The second kappa shape index (κ2) is 8.44. The van der Waals surface area contributed by atoms with Crippen LogP contribution < -0.4 is 10.1 Å². The summed E-state index contributed by atoms with van der Waals surface area (Å²) in [6.07, 6.45) is 1.52. The molecule has 0 bridgehead atoms. The topological polar surface area (TPSA) is 77.5 Å². The fraction of sp³-hybridized carbons (Fsp3) is 0.235. The number of nitrogens with one attached hydrogen (secondary N) is 1. The van der Waals surface area contributed by atoms with E-state index in [9.17, 15) is 9.59 Å². The van der Waals surface area contributed by atoms with Gasteiger partial charge < -0.3 is 14.8 Å². The fourth-order valence-electron chi connectivity index (χ4n) is 1.91. The van der Waals surface area contributed by atoms with Crippen LogP contribution in [0.25, 0.3) is 0 Å². The Kier molecular flexibility index (Phi) is 6.31. The number of carbonyl (C=O) groups excluding carboxylic acids is 2. The second-order valence-electron chi connectivity index (χ2n) is 4.90. The number of anilines is 1. The first-order chi connectivity index (χ1) is 11.5. The summed E-state index contributed by atoms with van der Waals surface area (Å²) in [6.45, 7) is 3.71. The van der Waals surface area contributed by atoms with Gasteiger partial charge in [0.15, 0.2) is 6.61 Å². The third-order valence-electron chi connectivity index (χ3n) is 3.01. The van der Waals surface area contributed by atoms with E-state index in [1.54, 1.807) is 19.1 Å².